The first-order valence-electron chi connectivity index (χ1n) is 17.4. The molecule has 8 heteroatoms. The number of aldehydes is 1. The van der Waals surface area contributed by atoms with Crippen LogP contribution >= 0.6 is 0 Å². The van der Waals surface area contributed by atoms with E-state index in [4.69, 9.17) is 0 Å². The fourth-order valence-electron chi connectivity index (χ4n) is 6.84. The topological polar surface area (TPSA) is 132 Å². The number of rotatable bonds is 10. The van der Waals surface area contributed by atoms with E-state index in [1.54, 1.807) is 12.2 Å². The van der Waals surface area contributed by atoms with Crippen molar-refractivity contribution in [1.29, 1.82) is 0 Å². The highest BCUT2D eigenvalue weighted by Gasteiger charge is 2.51. The first-order valence-corrected chi connectivity index (χ1v) is 17.4. The minimum Gasteiger partial charge on any atom is -0.507 e. The standard InChI is InChI=1S/C43H49N3O5/c1-9-42(7,8)39-33(31-18-14-28(13-10-25(2)3)20-35(31)44-39)22-36-40(50)46-43(41(51)45-36)23-27(6)12-16-30(43)17-19-32-34(24-47)38(49)29(21-37(32)48)15-11-26(4)5/h9-12,14,16-22,24,27,30,44,48-49H,1,13,15,23H2,2-8H3,(H,45,51)(H,46,50)/t27-,30-,43-/m1/s1. The highest BCUT2D eigenvalue weighted by molar-refractivity contribution is 6.11. The number of allylic oxidation sites excluding steroid dienone is 6. The number of H-pyrrole nitrogens is 1. The summed E-state index contributed by atoms with van der Waals surface area (Å²) in [6.45, 7) is 18.1. The largest absolute Gasteiger partial charge is 0.507 e. The third-order valence-corrected chi connectivity index (χ3v) is 9.94. The molecule has 51 heavy (non-hydrogen) atoms. The van der Waals surface area contributed by atoms with Crippen LogP contribution < -0.4 is 10.6 Å². The smallest absolute Gasteiger partial charge is 0.268 e. The maximum Gasteiger partial charge on any atom is 0.268 e. The van der Waals surface area contributed by atoms with E-state index in [2.05, 4.69) is 54.3 Å². The van der Waals surface area contributed by atoms with E-state index < -0.39 is 22.8 Å². The van der Waals surface area contributed by atoms with Crippen LogP contribution in [0.25, 0.3) is 23.1 Å². The van der Waals surface area contributed by atoms with E-state index in [0.717, 1.165) is 39.7 Å². The molecular formula is C43H49N3O5. The maximum atomic E-state index is 14.2. The minimum absolute atomic E-state index is 0.0160. The molecule has 1 fully saturated rings. The second-order valence-electron chi connectivity index (χ2n) is 14.9. The number of aromatic amines is 1. The van der Waals surface area contributed by atoms with Crippen LogP contribution in [-0.2, 0) is 27.8 Å². The Hall–Kier alpha value is -5.37. The molecule has 1 saturated heterocycles. The molecule has 0 bridgehead atoms. The van der Waals surface area contributed by atoms with Crippen molar-refractivity contribution in [2.75, 3.05) is 0 Å². The van der Waals surface area contributed by atoms with Gasteiger partial charge in [0.15, 0.2) is 6.29 Å². The summed E-state index contributed by atoms with van der Waals surface area (Å²) in [6, 6.07) is 7.68. The van der Waals surface area contributed by atoms with Gasteiger partial charge in [-0.1, -0.05) is 86.6 Å². The number of phenolic OH excluding ortho intramolecular Hbond substituents is 2. The molecule has 3 atom stereocenters. The van der Waals surface area contributed by atoms with Gasteiger partial charge in [0.05, 0.1) is 5.56 Å². The Bertz CT molecular complexity index is 2060. The molecule has 3 aromatic rings. The first kappa shape index (κ1) is 36.9. The SMILES string of the molecule is C=CC(C)(C)c1[nH]c2cc(CC=C(C)C)ccc2c1C=C1NC(=O)[C@]2(C[C@H](C)C=C[C@@H]2C=Cc2c(O)cc(CC=C(C)C)c(O)c2C=O)NC1=O. The lowest BCUT2D eigenvalue weighted by atomic mass is 9.71. The van der Waals surface area contributed by atoms with Gasteiger partial charge in [-0.25, -0.2) is 0 Å². The van der Waals surface area contributed by atoms with Crippen LogP contribution in [0.4, 0.5) is 0 Å². The Balaban J connectivity index is 1.52. The van der Waals surface area contributed by atoms with E-state index in [1.807, 2.05) is 65.0 Å². The fourth-order valence-corrected chi connectivity index (χ4v) is 6.84. The van der Waals surface area contributed by atoms with Gasteiger partial charge in [-0.3, -0.25) is 14.4 Å². The first-order chi connectivity index (χ1) is 24.1. The zero-order chi connectivity index (χ0) is 37.2. The molecule has 0 unspecified atom stereocenters. The maximum absolute atomic E-state index is 14.2. The van der Waals surface area contributed by atoms with Gasteiger partial charge in [-0.05, 0) is 76.6 Å². The van der Waals surface area contributed by atoms with Crippen LogP contribution in [0.1, 0.15) is 93.2 Å². The van der Waals surface area contributed by atoms with Crippen molar-refractivity contribution in [3.8, 4) is 11.5 Å². The molecule has 266 valence electrons. The molecule has 1 spiro atoms. The van der Waals surface area contributed by atoms with Crippen LogP contribution in [0.3, 0.4) is 0 Å². The van der Waals surface area contributed by atoms with Gasteiger partial charge in [0.2, 0.25) is 0 Å². The average molecular weight is 688 g/mol. The number of hydrogen-bond donors (Lipinski definition) is 5. The van der Waals surface area contributed by atoms with Crippen molar-refractivity contribution in [2.24, 2.45) is 11.8 Å². The highest BCUT2D eigenvalue weighted by atomic mass is 16.3. The van der Waals surface area contributed by atoms with E-state index >= 15 is 0 Å². The lowest BCUT2D eigenvalue weighted by molar-refractivity contribution is -0.138. The number of carbonyl (C=O) groups is 3. The summed E-state index contributed by atoms with van der Waals surface area (Å²) in [6.07, 6.45) is 16.7. The molecule has 1 aromatic heterocycles. The third-order valence-electron chi connectivity index (χ3n) is 9.94. The third kappa shape index (κ3) is 7.41. The van der Waals surface area contributed by atoms with Crippen molar-refractivity contribution >= 4 is 41.2 Å². The van der Waals surface area contributed by atoms with Crippen LogP contribution in [0.15, 0.2) is 84.1 Å². The Labute approximate surface area is 300 Å². The number of piperazine rings is 1. The number of aromatic hydroxyl groups is 2. The van der Waals surface area contributed by atoms with Crippen LogP contribution in [-0.4, -0.2) is 38.8 Å². The number of fused-ring (bicyclic) bond motifs is 1. The summed E-state index contributed by atoms with van der Waals surface area (Å²) in [5.74, 6) is -1.81. The molecule has 2 amide bonds. The number of amides is 2. The van der Waals surface area contributed by atoms with Crippen molar-refractivity contribution in [3.63, 3.8) is 0 Å². The lowest BCUT2D eigenvalue weighted by Crippen LogP contribution is -2.68. The summed E-state index contributed by atoms with van der Waals surface area (Å²) in [5.41, 5.74) is 4.87. The van der Waals surface area contributed by atoms with Gasteiger partial charge in [-0.2, -0.15) is 0 Å². The van der Waals surface area contributed by atoms with Crippen molar-refractivity contribution < 1.29 is 24.6 Å². The predicted octanol–water partition coefficient (Wildman–Crippen LogP) is 8.12. The Morgan fingerprint density at radius 1 is 1.00 bits per heavy atom. The van der Waals surface area contributed by atoms with Gasteiger partial charge >= 0.3 is 0 Å². The van der Waals surface area contributed by atoms with E-state index in [1.165, 1.54) is 17.7 Å². The number of carbonyl (C=O) groups excluding carboxylic acids is 3. The normalized spacial score (nSPS) is 21.2. The van der Waals surface area contributed by atoms with Crippen LogP contribution in [0, 0.1) is 11.8 Å². The number of aromatic nitrogens is 1. The molecular weight excluding hydrogens is 638 g/mol. The molecule has 0 saturated carbocycles. The van der Waals surface area contributed by atoms with Crippen LogP contribution in [0.5, 0.6) is 11.5 Å². The molecule has 2 aliphatic rings. The molecule has 5 N–H and O–H groups in total. The van der Waals surface area contributed by atoms with Crippen molar-refractivity contribution in [3.05, 3.63) is 118 Å². The molecule has 1 aliphatic carbocycles. The molecule has 0 radical (unpaired) electrons. The van der Waals surface area contributed by atoms with Crippen molar-refractivity contribution in [2.45, 2.75) is 78.7 Å². The molecule has 2 aromatic carbocycles. The Morgan fingerprint density at radius 3 is 2.37 bits per heavy atom. The molecule has 2 heterocycles. The monoisotopic (exact) mass is 687 g/mol. The highest BCUT2D eigenvalue weighted by Crippen LogP contribution is 2.40. The zero-order valence-electron chi connectivity index (χ0n) is 30.6. The fraction of sp³-hybridized carbons (Fsp3) is 0.326. The predicted molar refractivity (Wildman–Crippen MR) is 205 cm³/mol. The second kappa shape index (κ2) is 14.5. The molecule has 5 rings (SSSR count). The number of benzene rings is 2. The van der Waals surface area contributed by atoms with Gasteiger partial charge in [0, 0.05) is 44.6 Å². The quantitative estimate of drug-likeness (QED) is 0.0636. The number of nitrogens with one attached hydrogen (secondary N) is 3. The zero-order valence-corrected chi connectivity index (χ0v) is 30.6. The van der Waals surface area contributed by atoms with Gasteiger partial charge in [0.25, 0.3) is 11.8 Å². The minimum atomic E-state index is -1.33. The number of phenols is 2. The van der Waals surface area contributed by atoms with Gasteiger partial charge in [0.1, 0.15) is 22.7 Å². The summed E-state index contributed by atoms with van der Waals surface area (Å²) < 4.78 is 0. The van der Waals surface area contributed by atoms with E-state index in [0.29, 0.717) is 24.7 Å². The Morgan fingerprint density at radius 2 is 1.71 bits per heavy atom. The summed E-state index contributed by atoms with van der Waals surface area (Å²) >= 11 is 0. The average Bonchev–Trinajstić information content (AvgIpc) is 3.44. The number of hydrogen-bond acceptors (Lipinski definition) is 5. The summed E-state index contributed by atoms with van der Waals surface area (Å²) in [7, 11) is 0. The summed E-state index contributed by atoms with van der Waals surface area (Å²) in [5, 5.41) is 28.7. The van der Waals surface area contributed by atoms with Crippen LogP contribution in [0.2, 0.25) is 0 Å². The van der Waals surface area contributed by atoms with E-state index in [-0.39, 0.29) is 40.1 Å². The van der Waals surface area contributed by atoms with Crippen molar-refractivity contribution in [1.82, 2.24) is 15.6 Å². The molecule has 1 aliphatic heterocycles. The Kier molecular flexibility index (Phi) is 10.5. The lowest BCUT2D eigenvalue weighted by Gasteiger charge is -2.44. The van der Waals surface area contributed by atoms with E-state index in [9.17, 15) is 24.6 Å². The van der Waals surface area contributed by atoms with Gasteiger partial charge in [-0.15, -0.1) is 6.58 Å². The second-order valence-corrected chi connectivity index (χ2v) is 14.9. The van der Waals surface area contributed by atoms with Gasteiger partial charge < -0.3 is 25.8 Å². The molecule has 8 nitrogen and oxygen atoms in total. The summed E-state index contributed by atoms with van der Waals surface area (Å²) in [4.78, 5) is 43.9.